The van der Waals surface area contributed by atoms with Crippen molar-refractivity contribution in [3.05, 3.63) is 35.3 Å². The molecule has 2 aliphatic rings. The lowest BCUT2D eigenvalue weighted by atomic mass is 9.78. The van der Waals surface area contributed by atoms with Crippen molar-refractivity contribution in [2.24, 2.45) is 0 Å². The summed E-state index contributed by atoms with van der Waals surface area (Å²) in [7, 11) is -0.332. The molecule has 3 nitrogen and oxygen atoms in total. The smallest absolute Gasteiger partial charge is 0.400 e. The second-order valence-electron chi connectivity index (χ2n) is 8.11. The van der Waals surface area contributed by atoms with Gasteiger partial charge in [-0.15, -0.1) is 0 Å². The van der Waals surface area contributed by atoms with Gasteiger partial charge in [-0.3, -0.25) is 0 Å². The molecule has 25 heavy (non-hydrogen) atoms. The van der Waals surface area contributed by atoms with Crippen molar-refractivity contribution in [2.75, 3.05) is 23.7 Å². The molecule has 0 aliphatic carbocycles. The van der Waals surface area contributed by atoms with Crippen LogP contribution in [-0.4, -0.2) is 37.2 Å². The first-order chi connectivity index (χ1) is 11.8. The van der Waals surface area contributed by atoms with Crippen molar-refractivity contribution >= 4 is 31.5 Å². The molecule has 0 saturated carbocycles. The molecule has 3 rings (SSSR count). The molecule has 0 N–H and O–H groups in total. The van der Waals surface area contributed by atoms with Crippen LogP contribution in [0.5, 0.6) is 0 Å². The van der Waals surface area contributed by atoms with Gasteiger partial charge in [-0.25, -0.2) is 0 Å². The lowest BCUT2D eigenvalue weighted by Crippen LogP contribution is -2.41. The van der Waals surface area contributed by atoms with E-state index in [2.05, 4.69) is 75.6 Å². The van der Waals surface area contributed by atoms with Crippen LogP contribution in [0.2, 0.25) is 0 Å². The highest BCUT2D eigenvalue weighted by atomic mass is 32.1. The Hall–Kier alpha value is -0.905. The molecule has 0 radical (unpaired) electrons. The van der Waals surface area contributed by atoms with Crippen molar-refractivity contribution in [3.63, 3.8) is 0 Å². The molecule has 0 bridgehead atoms. The second-order valence-corrected chi connectivity index (χ2v) is 8.42. The summed E-state index contributed by atoms with van der Waals surface area (Å²) in [5.74, 6) is 0.616. The van der Waals surface area contributed by atoms with E-state index in [0.717, 1.165) is 18.6 Å². The first-order valence-corrected chi connectivity index (χ1v) is 9.98. The number of hydrogen-bond donors (Lipinski definition) is 1. The topological polar surface area (TPSA) is 21.7 Å². The molecule has 0 spiro atoms. The fourth-order valence-corrected chi connectivity index (χ4v) is 3.60. The molecule has 2 saturated heterocycles. The van der Waals surface area contributed by atoms with Gasteiger partial charge >= 0.3 is 7.12 Å². The lowest BCUT2D eigenvalue weighted by Gasteiger charge is -2.32. The van der Waals surface area contributed by atoms with Crippen molar-refractivity contribution in [2.45, 2.75) is 58.2 Å². The maximum absolute atomic E-state index is 6.19. The Morgan fingerprint density at radius 3 is 2.36 bits per heavy atom. The molecule has 2 aliphatic heterocycles. The van der Waals surface area contributed by atoms with Gasteiger partial charge in [-0.05, 0) is 70.1 Å². The van der Waals surface area contributed by atoms with Gasteiger partial charge in [0.25, 0.3) is 0 Å². The molecule has 5 heteroatoms. The van der Waals surface area contributed by atoms with E-state index >= 15 is 0 Å². The Bertz CT molecular complexity index is 622. The van der Waals surface area contributed by atoms with E-state index < -0.39 is 0 Å². The third-order valence-corrected chi connectivity index (χ3v) is 6.05. The first-order valence-electron chi connectivity index (χ1n) is 9.34. The normalized spacial score (nSPS) is 23.2. The van der Waals surface area contributed by atoms with E-state index in [1.54, 1.807) is 0 Å². The summed E-state index contributed by atoms with van der Waals surface area (Å²) in [6.45, 7) is 10.6. The standard InChI is InChI=1S/C20H30BNO2S/c1-19(2)20(3,4)24-21(23-19)17(15-25)13-16-9-8-10-18(14-16)22-11-6-5-7-12-22/h8-10,13-14,25H,5-7,11-12,15H2,1-4H3. The molecule has 2 fully saturated rings. The molecular weight excluding hydrogens is 329 g/mol. The molecule has 2 heterocycles. The quantitative estimate of drug-likeness (QED) is 0.626. The van der Waals surface area contributed by atoms with Crippen molar-refractivity contribution in [3.8, 4) is 0 Å². The fraction of sp³-hybridized carbons (Fsp3) is 0.600. The Labute approximate surface area is 158 Å². The van der Waals surface area contributed by atoms with Crippen molar-refractivity contribution in [1.29, 1.82) is 0 Å². The molecule has 136 valence electrons. The number of benzene rings is 1. The van der Waals surface area contributed by atoms with E-state index in [-0.39, 0.29) is 18.3 Å². The SMILES string of the molecule is CC1(C)OB(C(=Cc2cccc(N3CCCCC3)c2)CS)OC1(C)C. The summed E-state index contributed by atoms with van der Waals surface area (Å²) in [5.41, 5.74) is 2.91. The third-order valence-electron chi connectivity index (χ3n) is 5.68. The van der Waals surface area contributed by atoms with Crippen LogP contribution in [0, 0.1) is 0 Å². The Kier molecular flexibility index (Phi) is 5.57. The van der Waals surface area contributed by atoms with Crippen LogP contribution >= 0.6 is 12.6 Å². The van der Waals surface area contributed by atoms with Gasteiger partial charge in [0.1, 0.15) is 0 Å². The van der Waals surface area contributed by atoms with Crippen LogP contribution in [-0.2, 0) is 9.31 Å². The molecular formula is C20H30BNO2S. The summed E-state index contributed by atoms with van der Waals surface area (Å²) in [6.07, 6.45) is 6.09. The first kappa shape index (κ1) is 18.9. The van der Waals surface area contributed by atoms with Crippen LogP contribution in [0.1, 0.15) is 52.5 Å². The summed E-state index contributed by atoms with van der Waals surface area (Å²) < 4.78 is 12.4. The molecule has 0 amide bonds. The number of hydrogen-bond acceptors (Lipinski definition) is 4. The van der Waals surface area contributed by atoms with Gasteiger partial charge in [0.05, 0.1) is 11.2 Å². The van der Waals surface area contributed by atoms with E-state index in [1.165, 1.54) is 30.5 Å². The number of thiol groups is 1. The van der Waals surface area contributed by atoms with E-state index in [0.29, 0.717) is 5.75 Å². The van der Waals surface area contributed by atoms with Crippen LogP contribution in [0.3, 0.4) is 0 Å². The zero-order valence-corrected chi connectivity index (χ0v) is 16.8. The van der Waals surface area contributed by atoms with Crippen LogP contribution in [0.4, 0.5) is 5.69 Å². The average Bonchev–Trinajstić information content (AvgIpc) is 2.81. The monoisotopic (exact) mass is 359 g/mol. The summed E-state index contributed by atoms with van der Waals surface area (Å²) in [5, 5.41) is 0. The van der Waals surface area contributed by atoms with Crippen molar-refractivity contribution < 1.29 is 9.31 Å². The van der Waals surface area contributed by atoms with Gasteiger partial charge in [-0.1, -0.05) is 18.2 Å². The molecule has 1 aromatic carbocycles. The number of anilines is 1. The van der Waals surface area contributed by atoms with E-state index in [4.69, 9.17) is 9.31 Å². The predicted molar refractivity (Wildman–Crippen MR) is 110 cm³/mol. The Morgan fingerprint density at radius 2 is 1.76 bits per heavy atom. The summed E-state index contributed by atoms with van der Waals surface area (Å²) >= 11 is 4.52. The largest absolute Gasteiger partial charge is 0.491 e. The highest BCUT2D eigenvalue weighted by Crippen LogP contribution is 2.39. The highest BCUT2D eigenvalue weighted by molar-refractivity contribution is 7.80. The number of rotatable bonds is 4. The Morgan fingerprint density at radius 1 is 1.12 bits per heavy atom. The highest BCUT2D eigenvalue weighted by Gasteiger charge is 2.52. The minimum atomic E-state index is -0.332. The van der Waals surface area contributed by atoms with Gasteiger partial charge in [-0.2, -0.15) is 12.6 Å². The minimum Gasteiger partial charge on any atom is -0.400 e. The molecule has 0 unspecified atom stereocenters. The van der Waals surface area contributed by atoms with Gasteiger partial charge in [0, 0.05) is 24.5 Å². The van der Waals surface area contributed by atoms with Gasteiger partial charge in [0.2, 0.25) is 0 Å². The number of piperidine rings is 1. The van der Waals surface area contributed by atoms with Crippen LogP contribution in [0.25, 0.3) is 6.08 Å². The fourth-order valence-electron chi connectivity index (χ4n) is 3.36. The summed E-state index contributed by atoms with van der Waals surface area (Å²) in [4.78, 5) is 2.48. The van der Waals surface area contributed by atoms with Crippen LogP contribution in [0.15, 0.2) is 29.7 Å². The lowest BCUT2D eigenvalue weighted by molar-refractivity contribution is 0.00578. The maximum atomic E-state index is 6.19. The summed E-state index contributed by atoms with van der Waals surface area (Å²) in [6, 6.07) is 8.75. The van der Waals surface area contributed by atoms with E-state index in [1.807, 2.05) is 0 Å². The molecule has 0 atom stereocenters. The predicted octanol–water partition coefficient (Wildman–Crippen LogP) is 4.62. The van der Waals surface area contributed by atoms with Crippen LogP contribution < -0.4 is 4.90 Å². The third kappa shape index (κ3) is 4.10. The van der Waals surface area contributed by atoms with Gasteiger partial charge in [0.15, 0.2) is 0 Å². The molecule has 1 aromatic rings. The Balaban J connectivity index is 1.81. The van der Waals surface area contributed by atoms with Gasteiger partial charge < -0.3 is 14.2 Å². The minimum absolute atomic E-state index is 0.324. The average molecular weight is 359 g/mol. The zero-order valence-electron chi connectivity index (χ0n) is 15.9. The zero-order chi connectivity index (χ0) is 18.1. The second kappa shape index (κ2) is 7.38. The maximum Gasteiger partial charge on any atom is 0.491 e. The number of nitrogens with zero attached hydrogens (tertiary/aromatic N) is 1. The van der Waals surface area contributed by atoms with E-state index in [9.17, 15) is 0 Å². The van der Waals surface area contributed by atoms with Crippen molar-refractivity contribution in [1.82, 2.24) is 0 Å². The molecule has 0 aromatic heterocycles.